The normalized spacial score (nSPS) is 10.8. The van der Waals surface area contributed by atoms with Gasteiger partial charge in [0.05, 0.1) is 16.4 Å². The zero-order valence-electron chi connectivity index (χ0n) is 9.95. The van der Waals surface area contributed by atoms with Gasteiger partial charge < -0.3 is 10.5 Å². The SMILES string of the molecule is Nc1ccc2nc(COc3ccccc3Br)nn2c1. The molecule has 0 atom stereocenters. The zero-order chi connectivity index (χ0) is 13.2. The van der Waals surface area contributed by atoms with Gasteiger partial charge in [-0.1, -0.05) is 12.1 Å². The molecule has 2 aromatic heterocycles. The predicted molar refractivity (Wildman–Crippen MR) is 75.9 cm³/mol. The second-order valence-electron chi connectivity index (χ2n) is 4.01. The van der Waals surface area contributed by atoms with Gasteiger partial charge in [0.25, 0.3) is 0 Å². The largest absolute Gasteiger partial charge is 0.484 e. The minimum atomic E-state index is 0.310. The van der Waals surface area contributed by atoms with Crippen molar-refractivity contribution in [1.82, 2.24) is 14.6 Å². The molecule has 0 unspecified atom stereocenters. The number of halogens is 1. The molecule has 0 aliphatic rings. The first-order valence-electron chi connectivity index (χ1n) is 5.70. The van der Waals surface area contributed by atoms with Crippen molar-refractivity contribution >= 4 is 27.3 Å². The summed E-state index contributed by atoms with van der Waals surface area (Å²) in [5.74, 6) is 1.38. The van der Waals surface area contributed by atoms with E-state index in [4.69, 9.17) is 10.5 Å². The van der Waals surface area contributed by atoms with Crippen LogP contribution >= 0.6 is 15.9 Å². The summed E-state index contributed by atoms with van der Waals surface area (Å²) >= 11 is 3.43. The van der Waals surface area contributed by atoms with Crippen LogP contribution in [0.5, 0.6) is 5.75 Å². The summed E-state index contributed by atoms with van der Waals surface area (Å²) in [6.45, 7) is 0.310. The molecule has 3 aromatic rings. The second-order valence-corrected chi connectivity index (χ2v) is 4.87. The molecule has 0 amide bonds. The number of nitrogens with two attached hydrogens (primary N) is 1. The summed E-state index contributed by atoms with van der Waals surface area (Å²) in [7, 11) is 0. The fraction of sp³-hybridized carbons (Fsp3) is 0.0769. The van der Waals surface area contributed by atoms with E-state index in [-0.39, 0.29) is 0 Å². The molecule has 0 bridgehead atoms. The van der Waals surface area contributed by atoms with Gasteiger partial charge in [0.15, 0.2) is 11.5 Å². The lowest BCUT2D eigenvalue weighted by molar-refractivity contribution is 0.294. The smallest absolute Gasteiger partial charge is 0.189 e. The maximum atomic E-state index is 5.69. The van der Waals surface area contributed by atoms with Crippen LogP contribution in [-0.4, -0.2) is 14.6 Å². The van der Waals surface area contributed by atoms with Gasteiger partial charge in [0.2, 0.25) is 0 Å². The van der Waals surface area contributed by atoms with Gasteiger partial charge in [0, 0.05) is 0 Å². The van der Waals surface area contributed by atoms with Gasteiger partial charge in [-0.2, -0.15) is 0 Å². The Hall–Kier alpha value is -2.08. The molecule has 0 aliphatic heterocycles. The summed E-state index contributed by atoms with van der Waals surface area (Å²) in [4.78, 5) is 4.35. The van der Waals surface area contributed by atoms with Crippen molar-refractivity contribution in [3.63, 3.8) is 0 Å². The quantitative estimate of drug-likeness (QED) is 0.806. The molecule has 96 valence electrons. The summed E-state index contributed by atoms with van der Waals surface area (Å²) < 4.78 is 8.22. The number of ether oxygens (including phenoxy) is 1. The van der Waals surface area contributed by atoms with Gasteiger partial charge in [-0.15, -0.1) is 5.10 Å². The van der Waals surface area contributed by atoms with Crippen molar-refractivity contribution in [2.24, 2.45) is 0 Å². The van der Waals surface area contributed by atoms with E-state index in [1.54, 1.807) is 16.8 Å². The summed E-state index contributed by atoms with van der Waals surface area (Å²) in [6, 6.07) is 11.3. The second kappa shape index (κ2) is 4.89. The molecule has 3 rings (SSSR count). The highest BCUT2D eigenvalue weighted by atomic mass is 79.9. The third-order valence-electron chi connectivity index (χ3n) is 2.59. The molecule has 0 spiro atoms. The van der Waals surface area contributed by atoms with Gasteiger partial charge in [-0.05, 0) is 40.2 Å². The third-order valence-corrected chi connectivity index (χ3v) is 3.25. The number of rotatable bonds is 3. The molecule has 0 saturated heterocycles. The van der Waals surface area contributed by atoms with Crippen molar-refractivity contribution < 1.29 is 4.74 Å². The summed E-state index contributed by atoms with van der Waals surface area (Å²) in [6.07, 6.45) is 1.73. The molecule has 0 saturated carbocycles. The van der Waals surface area contributed by atoms with Crippen molar-refractivity contribution in [3.05, 3.63) is 52.9 Å². The van der Waals surface area contributed by atoms with Crippen molar-refractivity contribution in [2.75, 3.05) is 5.73 Å². The molecule has 6 heteroatoms. The molecular weight excluding hydrogens is 308 g/mol. The Morgan fingerprint density at radius 2 is 2.05 bits per heavy atom. The van der Waals surface area contributed by atoms with Crippen molar-refractivity contribution in [3.8, 4) is 5.75 Å². The van der Waals surface area contributed by atoms with Crippen molar-refractivity contribution in [1.29, 1.82) is 0 Å². The monoisotopic (exact) mass is 318 g/mol. The Labute approximate surface area is 118 Å². The van der Waals surface area contributed by atoms with E-state index < -0.39 is 0 Å². The van der Waals surface area contributed by atoms with E-state index in [1.807, 2.05) is 30.3 Å². The Kier molecular flexibility index (Phi) is 3.08. The highest BCUT2D eigenvalue weighted by Crippen LogP contribution is 2.24. The van der Waals surface area contributed by atoms with Gasteiger partial charge in [-0.3, -0.25) is 0 Å². The lowest BCUT2D eigenvalue weighted by Gasteiger charge is -2.04. The number of nitrogens with zero attached hydrogens (tertiary/aromatic N) is 3. The Morgan fingerprint density at radius 3 is 2.89 bits per heavy atom. The first-order chi connectivity index (χ1) is 9.22. The summed E-state index contributed by atoms with van der Waals surface area (Å²) in [5, 5.41) is 4.30. The number of aromatic nitrogens is 3. The first kappa shape index (κ1) is 12.0. The van der Waals surface area contributed by atoms with E-state index in [0.29, 0.717) is 18.1 Å². The molecule has 1 aromatic carbocycles. The van der Waals surface area contributed by atoms with E-state index in [2.05, 4.69) is 26.0 Å². The fourth-order valence-corrected chi connectivity index (χ4v) is 2.11. The van der Waals surface area contributed by atoms with Crippen LogP contribution in [0.4, 0.5) is 5.69 Å². The first-order valence-corrected chi connectivity index (χ1v) is 6.50. The maximum absolute atomic E-state index is 5.69. The molecular formula is C13H11BrN4O. The fourth-order valence-electron chi connectivity index (χ4n) is 1.71. The molecule has 0 fully saturated rings. The standard InChI is InChI=1S/C13H11BrN4O/c14-10-3-1-2-4-11(10)19-8-12-16-13-6-5-9(15)7-18(13)17-12/h1-7H,8,15H2. The highest BCUT2D eigenvalue weighted by molar-refractivity contribution is 9.10. The Bertz CT molecular complexity index is 725. The number of pyridine rings is 1. The van der Waals surface area contributed by atoms with Crippen LogP contribution in [0.3, 0.4) is 0 Å². The minimum Gasteiger partial charge on any atom is -0.484 e. The van der Waals surface area contributed by atoms with E-state index in [1.165, 1.54) is 0 Å². The highest BCUT2D eigenvalue weighted by Gasteiger charge is 2.06. The minimum absolute atomic E-state index is 0.310. The van der Waals surface area contributed by atoms with E-state index in [0.717, 1.165) is 15.9 Å². The number of anilines is 1. The number of para-hydroxylation sites is 1. The van der Waals surface area contributed by atoms with Crippen LogP contribution in [0, 0.1) is 0 Å². The molecule has 2 heterocycles. The number of hydrogen-bond donors (Lipinski definition) is 1. The number of nitrogen functional groups attached to an aromatic ring is 1. The van der Waals surface area contributed by atoms with Crippen molar-refractivity contribution in [2.45, 2.75) is 6.61 Å². The third kappa shape index (κ3) is 2.53. The number of benzene rings is 1. The lowest BCUT2D eigenvalue weighted by atomic mass is 10.3. The number of hydrogen-bond acceptors (Lipinski definition) is 4. The van der Waals surface area contributed by atoms with E-state index in [9.17, 15) is 0 Å². The Balaban J connectivity index is 1.80. The van der Waals surface area contributed by atoms with Crippen LogP contribution in [0.25, 0.3) is 5.65 Å². The summed E-state index contributed by atoms with van der Waals surface area (Å²) in [5.41, 5.74) is 7.09. The topological polar surface area (TPSA) is 65.4 Å². The van der Waals surface area contributed by atoms with Crippen LogP contribution in [-0.2, 0) is 6.61 Å². The van der Waals surface area contributed by atoms with Crippen LogP contribution in [0.2, 0.25) is 0 Å². The van der Waals surface area contributed by atoms with Crippen LogP contribution < -0.4 is 10.5 Å². The van der Waals surface area contributed by atoms with Gasteiger partial charge >= 0.3 is 0 Å². The molecule has 0 radical (unpaired) electrons. The molecule has 19 heavy (non-hydrogen) atoms. The van der Waals surface area contributed by atoms with Gasteiger partial charge in [0.1, 0.15) is 12.4 Å². The van der Waals surface area contributed by atoms with Crippen LogP contribution in [0.15, 0.2) is 47.1 Å². The van der Waals surface area contributed by atoms with Gasteiger partial charge in [-0.25, -0.2) is 9.50 Å². The number of fused-ring (bicyclic) bond motifs is 1. The van der Waals surface area contributed by atoms with Crippen LogP contribution in [0.1, 0.15) is 5.82 Å². The lowest BCUT2D eigenvalue weighted by Crippen LogP contribution is -1.98. The van der Waals surface area contributed by atoms with E-state index >= 15 is 0 Å². The molecule has 0 aliphatic carbocycles. The molecule has 2 N–H and O–H groups in total. The average Bonchev–Trinajstić information content (AvgIpc) is 2.79. The maximum Gasteiger partial charge on any atom is 0.189 e. The average molecular weight is 319 g/mol. The zero-order valence-corrected chi connectivity index (χ0v) is 11.5. The Morgan fingerprint density at radius 1 is 1.21 bits per heavy atom. The molecule has 5 nitrogen and oxygen atoms in total. The predicted octanol–water partition coefficient (Wildman–Crippen LogP) is 2.65.